The van der Waals surface area contributed by atoms with Crippen molar-refractivity contribution < 1.29 is 9.53 Å². The molecule has 0 aromatic rings. The van der Waals surface area contributed by atoms with Gasteiger partial charge in [0, 0.05) is 19.8 Å². The smallest absolute Gasteiger partial charge is 0.241 e. The number of rotatable bonds is 8. The summed E-state index contributed by atoms with van der Waals surface area (Å²) in [5.41, 5.74) is 0. The minimum Gasteiger partial charge on any atom is -0.382 e. The molecule has 0 radical (unpaired) electrons. The van der Waals surface area contributed by atoms with Crippen LogP contribution < -0.4 is 5.32 Å². The van der Waals surface area contributed by atoms with Crippen LogP contribution in [-0.2, 0) is 9.53 Å². The highest BCUT2D eigenvalue weighted by molar-refractivity contribution is 5.84. The second-order valence-corrected chi connectivity index (χ2v) is 6.12. The van der Waals surface area contributed by atoms with E-state index in [0.29, 0.717) is 11.8 Å². The summed E-state index contributed by atoms with van der Waals surface area (Å²) in [4.78, 5) is 14.5. The average molecular weight is 270 g/mol. The zero-order valence-electron chi connectivity index (χ0n) is 13.1. The van der Waals surface area contributed by atoms with Gasteiger partial charge in [-0.1, -0.05) is 27.7 Å². The maximum absolute atomic E-state index is 12.4. The van der Waals surface area contributed by atoms with Gasteiger partial charge in [-0.2, -0.15) is 0 Å². The summed E-state index contributed by atoms with van der Waals surface area (Å²) >= 11 is 0. The van der Waals surface area contributed by atoms with Gasteiger partial charge in [0.25, 0.3) is 0 Å². The molecule has 1 aliphatic rings. The van der Waals surface area contributed by atoms with Gasteiger partial charge in [-0.25, -0.2) is 0 Å². The third kappa shape index (κ3) is 4.77. The Labute approximate surface area is 117 Å². The first-order valence-electron chi connectivity index (χ1n) is 7.61. The lowest BCUT2D eigenvalue weighted by molar-refractivity contribution is -0.131. The standard InChI is InChI=1S/C15H30N2O2/c1-6-19-9-7-8-17-14(12(4)5)16-13(15(17)18)10-11(2)3/h11-14,16H,6-10H2,1-5H3. The molecule has 1 heterocycles. The van der Waals surface area contributed by atoms with Crippen molar-refractivity contribution in [2.75, 3.05) is 19.8 Å². The van der Waals surface area contributed by atoms with Crippen LogP contribution in [0.1, 0.15) is 47.5 Å². The Hall–Kier alpha value is -0.610. The highest BCUT2D eigenvalue weighted by Crippen LogP contribution is 2.21. The van der Waals surface area contributed by atoms with E-state index in [0.717, 1.165) is 32.6 Å². The maximum atomic E-state index is 12.4. The van der Waals surface area contributed by atoms with E-state index in [2.05, 4.69) is 33.0 Å². The molecule has 1 rings (SSSR count). The van der Waals surface area contributed by atoms with Crippen LogP contribution in [0.4, 0.5) is 0 Å². The molecule has 4 heteroatoms. The van der Waals surface area contributed by atoms with E-state index in [1.165, 1.54) is 0 Å². The van der Waals surface area contributed by atoms with E-state index in [1.807, 2.05) is 11.8 Å². The molecule has 1 N–H and O–H groups in total. The lowest BCUT2D eigenvalue weighted by Crippen LogP contribution is -2.42. The van der Waals surface area contributed by atoms with Gasteiger partial charge in [0.2, 0.25) is 5.91 Å². The van der Waals surface area contributed by atoms with E-state index in [4.69, 9.17) is 4.74 Å². The fourth-order valence-electron chi connectivity index (χ4n) is 2.63. The number of nitrogens with one attached hydrogen (secondary N) is 1. The van der Waals surface area contributed by atoms with Crippen molar-refractivity contribution in [3.8, 4) is 0 Å². The number of ether oxygens (including phenoxy) is 1. The van der Waals surface area contributed by atoms with E-state index in [-0.39, 0.29) is 18.1 Å². The van der Waals surface area contributed by atoms with E-state index in [1.54, 1.807) is 0 Å². The minimum atomic E-state index is -0.000469. The summed E-state index contributed by atoms with van der Waals surface area (Å²) in [6.07, 6.45) is 2.01. The quantitative estimate of drug-likeness (QED) is 0.688. The summed E-state index contributed by atoms with van der Waals surface area (Å²) < 4.78 is 5.36. The largest absolute Gasteiger partial charge is 0.382 e. The molecule has 1 fully saturated rings. The fourth-order valence-corrected chi connectivity index (χ4v) is 2.63. The summed E-state index contributed by atoms with van der Waals surface area (Å²) in [6.45, 7) is 12.9. The lowest BCUT2D eigenvalue weighted by Gasteiger charge is -2.27. The van der Waals surface area contributed by atoms with Crippen LogP contribution in [0.5, 0.6) is 0 Å². The second kappa shape index (κ2) is 7.85. The Bertz CT molecular complexity index is 279. The van der Waals surface area contributed by atoms with Gasteiger partial charge < -0.3 is 9.64 Å². The van der Waals surface area contributed by atoms with Crippen molar-refractivity contribution in [2.24, 2.45) is 11.8 Å². The van der Waals surface area contributed by atoms with Crippen molar-refractivity contribution in [3.05, 3.63) is 0 Å². The number of hydrogen-bond acceptors (Lipinski definition) is 3. The SMILES string of the molecule is CCOCCCN1C(=O)C(CC(C)C)NC1C(C)C. The van der Waals surface area contributed by atoms with Crippen LogP contribution in [-0.4, -0.2) is 42.8 Å². The summed E-state index contributed by atoms with van der Waals surface area (Å²) in [5.74, 6) is 1.25. The molecule has 1 amide bonds. The van der Waals surface area contributed by atoms with Crippen LogP contribution >= 0.6 is 0 Å². The van der Waals surface area contributed by atoms with Crippen LogP contribution in [0, 0.1) is 11.8 Å². The monoisotopic (exact) mass is 270 g/mol. The number of carbonyl (C=O) groups excluding carboxylic acids is 1. The normalized spacial score (nSPS) is 23.9. The molecule has 0 aliphatic carbocycles. The molecule has 0 bridgehead atoms. The first kappa shape index (κ1) is 16.4. The fraction of sp³-hybridized carbons (Fsp3) is 0.933. The average Bonchev–Trinajstić information content (AvgIpc) is 2.62. The molecule has 0 aromatic heterocycles. The van der Waals surface area contributed by atoms with Crippen molar-refractivity contribution in [3.63, 3.8) is 0 Å². The van der Waals surface area contributed by atoms with Crippen molar-refractivity contribution in [1.82, 2.24) is 10.2 Å². The molecule has 1 aliphatic heterocycles. The topological polar surface area (TPSA) is 41.6 Å². The molecule has 4 nitrogen and oxygen atoms in total. The van der Waals surface area contributed by atoms with E-state index < -0.39 is 0 Å². The van der Waals surface area contributed by atoms with Crippen LogP contribution in [0.3, 0.4) is 0 Å². The van der Waals surface area contributed by atoms with Crippen LogP contribution in [0.25, 0.3) is 0 Å². The molecule has 0 saturated carbocycles. The molecule has 2 unspecified atom stereocenters. The van der Waals surface area contributed by atoms with Gasteiger partial charge >= 0.3 is 0 Å². The predicted octanol–water partition coefficient (Wildman–Crippen LogP) is 2.24. The van der Waals surface area contributed by atoms with Crippen molar-refractivity contribution in [1.29, 1.82) is 0 Å². The molecule has 2 atom stereocenters. The maximum Gasteiger partial charge on any atom is 0.241 e. The molecule has 1 saturated heterocycles. The predicted molar refractivity (Wildman–Crippen MR) is 77.8 cm³/mol. The van der Waals surface area contributed by atoms with Crippen molar-refractivity contribution >= 4 is 5.91 Å². The molecule has 0 aromatic carbocycles. The zero-order chi connectivity index (χ0) is 14.4. The molecule has 19 heavy (non-hydrogen) atoms. The number of nitrogens with zero attached hydrogens (tertiary/aromatic N) is 1. The van der Waals surface area contributed by atoms with Gasteiger partial charge in [0.1, 0.15) is 0 Å². The zero-order valence-corrected chi connectivity index (χ0v) is 13.1. The summed E-state index contributed by atoms with van der Waals surface area (Å²) in [6, 6.07) is -0.000469. The van der Waals surface area contributed by atoms with Crippen LogP contribution in [0.15, 0.2) is 0 Å². The third-order valence-corrected chi connectivity index (χ3v) is 3.52. The molecular weight excluding hydrogens is 240 g/mol. The van der Waals surface area contributed by atoms with E-state index >= 15 is 0 Å². The van der Waals surface area contributed by atoms with Gasteiger partial charge in [0.05, 0.1) is 12.2 Å². The van der Waals surface area contributed by atoms with E-state index in [9.17, 15) is 4.79 Å². The summed E-state index contributed by atoms with van der Waals surface area (Å²) in [5, 5.41) is 3.50. The Morgan fingerprint density at radius 3 is 2.53 bits per heavy atom. The highest BCUT2D eigenvalue weighted by Gasteiger charge is 2.39. The Balaban J connectivity index is 2.56. The number of hydrogen-bond donors (Lipinski definition) is 1. The third-order valence-electron chi connectivity index (χ3n) is 3.52. The number of amides is 1. The second-order valence-electron chi connectivity index (χ2n) is 6.12. The van der Waals surface area contributed by atoms with Gasteiger partial charge in [-0.3, -0.25) is 10.1 Å². The number of carbonyl (C=O) groups is 1. The minimum absolute atomic E-state index is 0.000469. The van der Waals surface area contributed by atoms with Gasteiger partial charge in [-0.15, -0.1) is 0 Å². The first-order chi connectivity index (χ1) is 8.97. The molecule has 0 spiro atoms. The Kier molecular flexibility index (Phi) is 6.80. The molecular formula is C15H30N2O2. The van der Waals surface area contributed by atoms with Gasteiger partial charge in [0.15, 0.2) is 0 Å². The van der Waals surface area contributed by atoms with Crippen molar-refractivity contribution in [2.45, 2.75) is 59.7 Å². The highest BCUT2D eigenvalue weighted by atomic mass is 16.5. The first-order valence-corrected chi connectivity index (χ1v) is 7.61. The molecule has 112 valence electrons. The Morgan fingerprint density at radius 1 is 1.32 bits per heavy atom. The van der Waals surface area contributed by atoms with Crippen LogP contribution in [0.2, 0.25) is 0 Å². The Morgan fingerprint density at radius 2 is 2.00 bits per heavy atom. The summed E-state index contributed by atoms with van der Waals surface area (Å²) in [7, 11) is 0. The van der Waals surface area contributed by atoms with Gasteiger partial charge in [-0.05, 0) is 31.6 Å². The lowest BCUT2D eigenvalue weighted by atomic mass is 10.0.